The second-order valence-corrected chi connectivity index (χ2v) is 3.29. The van der Waals surface area contributed by atoms with E-state index in [1.165, 1.54) is 0 Å². The van der Waals surface area contributed by atoms with E-state index in [1.54, 1.807) is 0 Å². The van der Waals surface area contributed by atoms with Crippen LogP contribution in [0.5, 0.6) is 0 Å². The van der Waals surface area contributed by atoms with Crippen molar-refractivity contribution in [1.82, 2.24) is 15.0 Å². The quantitative estimate of drug-likeness (QED) is 0.650. The van der Waals surface area contributed by atoms with Crippen LogP contribution in [0.4, 0.5) is 0 Å². The van der Waals surface area contributed by atoms with Gasteiger partial charge in [-0.25, -0.2) is 0 Å². The maximum absolute atomic E-state index is 4.12. The molecule has 0 saturated heterocycles. The highest BCUT2D eigenvalue weighted by molar-refractivity contribution is 4.99. The molecule has 13 heavy (non-hydrogen) atoms. The van der Waals surface area contributed by atoms with Gasteiger partial charge in [-0.15, -0.1) is 11.7 Å². The first-order valence-electron chi connectivity index (χ1n) is 4.78. The van der Waals surface area contributed by atoms with E-state index in [0.29, 0.717) is 5.92 Å². The molecule has 1 rings (SSSR count). The van der Waals surface area contributed by atoms with E-state index >= 15 is 0 Å². The molecule has 72 valence electrons. The van der Waals surface area contributed by atoms with E-state index in [-0.39, 0.29) is 0 Å². The van der Waals surface area contributed by atoms with Gasteiger partial charge in [0.25, 0.3) is 0 Å². The van der Waals surface area contributed by atoms with Crippen molar-refractivity contribution in [3.05, 3.63) is 24.5 Å². The van der Waals surface area contributed by atoms with Gasteiger partial charge in [0, 0.05) is 18.7 Å². The summed E-state index contributed by atoms with van der Waals surface area (Å²) in [4.78, 5) is 0. The monoisotopic (exact) mass is 179 g/mol. The fraction of sp³-hybridized carbons (Fsp3) is 0.600. The standard InChI is InChI=1S/C10H17N3/c1-4-6-7-13-8-10(11-12-13)9(3)5-2/h4,8-9H,1,5-7H2,2-3H3. The first-order valence-corrected chi connectivity index (χ1v) is 4.78. The fourth-order valence-corrected chi connectivity index (χ4v) is 1.08. The molecule has 0 saturated carbocycles. The Balaban J connectivity index is 2.57. The van der Waals surface area contributed by atoms with Crippen molar-refractivity contribution in [3.63, 3.8) is 0 Å². The van der Waals surface area contributed by atoms with Gasteiger partial charge in [-0.2, -0.15) is 0 Å². The van der Waals surface area contributed by atoms with Gasteiger partial charge in [0.1, 0.15) is 0 Å². The van der Waals surface area contributed by atoms with Crippen LogP contribution in [0.25, 0.3) is 0 Å². The molecule has 1 unspecified atom stereocenters. The molecule has 0 bridgehead atoms. The topological polar surface area (TPSA) is 30.7 Å². The molecule has 3 heteroatoms. The van der Waals surface area contributed by atoms with Crippen molar-refractivity contribution in [3.8, 4) is 0 Å². The summed E-state index contributed by atoms with van der Waals surface area (Å²) in [6.45, 7) is 8.88. The summed E-state index contributed by atoms with van der Waals surface area (Å²) in [6, 6.07) is 0. The lowest BCUT2D eigenvalue weighted by molar-refractivity contribution is 0.596. The highest BCUT2D eigenvalue weighted by atomic mass is 15.4. The van der Waals surface area contributed by atoms with Gasteiger partial charge >= 0.3 is 0 Å². The smallest absolute Gasteiger partial charge is 0.0855 e. The van der Waals surface area contributed by atoms with Crippen LogP contribution >= 0.6 is 0 Å². The summed E-state index contributed by atoms with van der Waals surface area (Å²) in [5.41, 5.74) is 1.09. The zero-order chi connectivity index (χ0) is 9.68. The Hall–Kier alpha value is -1.12. The Labute approximate surface area is 79.5 Å². The molecule has 0 radical (unpaired) electrons. The minimum Gasteiger partial charge on any atom is -0.252 e. The summed E-state index contributed by atoms with van der Waals surface area (Å²) in [5, 5.41) is 8.16. The van der Waals surface area contributed by atoms with Gasteiger partial charge in [0.2, 0.25) is 0 Å². The molecule has 0 aromatic carbocycles. The molecular weight excluding hydrogens is 162 g/mol. The van der Waals surface area contributed by atoms with E-state index < -0.39 is 0 Å². The largest absolute Gasteiger partial charge is 0.252 e. The zero-order valence-electron chi connectivity index (χ0n) is 8.40. The first-order chi connectivity index (χ1) is 6.27. The molecule has 0 aliphatic heterocycles. The predicted molar refractivity (Wildman–Crippen MR) is 53.5 cm³/mol. The highest BCUT2D eigenvalue weighted by Gasteiger charge is 2.06. The van der Waals surface area contributed by atoms with E-state index in [1.807, 2.05) is 17.0 Å². The number of aryl methyl sites for hydroxylation is 1. The zero-order valence-corrected chi connectivity index (χ0v) is 8.40. The van der Waals surface area contributed by atoms with Crippen molar-refractivity contribution in [2.45, 2.75) is 39.2 Å². The van der Waals surface area contributed by atoms with E-state index in [0.717, 1.165) is 25.1 Å². The van der Waals surface area contributed by atoms with Crippen LogP contribution in [-0.4, -0.2) is 15.0 Å². The van der Waals surface area contributed by atoms with Crippen LogP contribution < -0.4 is 0 Å². The molecule has 0 N–H and O–H groups in total. The van der Waals surface area contributed by atoms with Gasteiger partial charge < -0.3 is 0 Å². The SMILES string of the molecule is C=CCCn1cc(C(C)CC)nn1. The van der Waals surface area contributed by atoms with Crippen molar-refractivity contribution < 1.29 is 0 Å². The molecule has 1 heterocycles. The lowest BCUT2D eigenvalue weighted by atomic mass is 10.1. The van der Waals surface area contributed by atoms with E-state index in [2.05, 4.69) is 30.7 Å². The lowest BCUT2D eigenvalue weighted by Crippen LogP contribution is -1.96. The normalized spacial score (nSPS) is 12.8. The summed E-state index contributed by atoms with van der Waals surface area (Å²) in [7, 11) is 0. The Morgan fingerprint density at radius 3 is 3.08 bits per heavy atom. The third-order valence-corrected chi connectivity index (χ3v) is 2.24. The van der Waals surface area contributed by atoms with Crippen LogP contribution in [0.15, 0.2) is 18.9 Å². The van der Waals surface area contributed by atoms with Crippen LogP contribution in [0, 0.1) is 0 Å². The maximum Gasteiger partial charge on any atom is 0.0855 e. The minimum absolute atomic E-state index is 0.512. The van der Waals surface area contributed by atoms with Crippen molar-refractivity contribution in [2.75, 3.05) is 0 Å². The second-order valence-electron chi connectivity index (χ2n) is 3.29. The lowest BCUT2D eigenvalue weighted by Gasteiger charge is -2.00. The Morgan fingerprint density at radius 1 is 1.69 bits per heavy atom. The van der Waals surface area contributed by atoms with Gasteiger partial charge in [0.05, 0.1) is 5.69 Å². The average Bonchev–Trinajstić information content (AvgIpc) is 2.62. The molecular formula is C10H17N3. The van der Waals surface area contributed by atoms with Crippen molar-refractivity contribution in [2.24, 2.45) is 0 Å². The van der Waals surface area contributed by atoms with E-state index in [9.17, 15) is 0 Å². The average molecular weight is 179 g/mol. The molecule has 3 nitrogen and oxygen atoms in total. The van der Waals surface area contributed by atoms with Gasteiger partial charge in [-0.1, -0.05) is 25.1 Å². The molecule has 0 spiro atoms. The molecule has 1 aromatic rings. The van der Waals surface area contributed by atoms with Crippen LogP contribution in [-0.2, 0) is 6.54 Å². The minimum atomic E-state index is 0.512. The number of hydrogen-bond acceptors (Lipinski definition) is 2. The summed E-state index contributed by atoms with van der Waals surface area (Å²) in [5.74, 6) is 0.512. The molecule has 0 fully saturated rings. The molecule has 0 aliphatic carbocycles. The third-order valence-electron chi connectivity index (χ3n) is 2.24. The molecule has 0 aliphatic rings. The van der Waals surface area contributed by atoms with Gasteiger partial charge in [-0.05, 0) is 12.8 Å². The Morgan fingerprint density at radius 2 is 2.46 bits per heavy atom. The molecule has 0 amide bonds. The summed E-state index contributed by atoms with van der Waals surface area (Å²) >= 11 is 0. The van der Waals surface area contributed by atoms with E-state index in [4.69, 9.17) is 0 Å². The summed E-state index contributed by atoms with van der Waals surface area (Å²) < 4.78 is 1.88. The predicted octanol–water partition coefficient (Wildman–Crippen LogP) is 2.37. The highest BCUT2D eigenvalue weighted by Crippen LogP contribution is 2.14. The first kappa shape index (κ1) is 9.96. The van der Waals surface area contributed by atoms with Crippen molar-refractivity contribution in [1.29, 1.82) is 0 Å². The fourth-order valence-electron chi connectivity index (χ4n) is 1.08. The Kier molecular flexibility index (Phi) is 3.68. The van der Waals surface area contributed by atoms with Gasteiger partial charge in [0.15, 0.2) is 0 Å². The number of nitrogens with zero attached hydrogens (tertiary/aromatic N) is 3. The van der Waals surface area contributed by atoms with Gasteiger partial charge in [-0.3, -0.25) is 4.68 Å². The number of hydrogen-bond donors (Lipinski definition) is 0. The maximum atomic E-state index is 4.12. The Bertz CT molecular complexity index is 265. The third kappa shape index (κ3) is 2.68. The van der Waals surface area contributed by atoms with Crippen LogP contribution in [0.2, 0.25) is 0 Å². The summed E-state index contributed by atoms with van der Waals surface area (Å²) in [6.07, 6.45) is 5.98. The van der Waals surface area contributed by atoms with Crippen molar-refractivity contribution >= 4 is 0 Å². The van der Waals surface area contributed by atoms with Crippen LogP contribution in [0.3, 0.4) is 0 Å². The number of rotatable bonds is 5. The number of aromatic nitrogens is 3. The number of allylic oxidation sites excluding steroid dienone is 1. The molecule has 1 atom stereocenters. The molecule has 1 aromatic heterocycles. The second kappa shape index (κ2) is 4.80. The van der Waals surface area contributed by atoms with Crippen LogP contribution in [0.1, 0.15) is 38.3 Å².